The quantitative estimate of drug-likeness (QED) is 0.588. The first-order chi connectivity index (χ1) is 7.44. The molecule has 0 saturated carbocycles. The highest BCUT2D eigenvalue weighted by Crippen LogP contribution is 2.44. The van der Waals surface area contributed by atoms with Crippen molar-refractivity contribution in [3.05, 3.63) is 29.8 Å². The lowest BCUT2D eigenvalue weighted by atomic mass is 10.1. The second-order valence-corrected chi connectivity index (χ2v) is 5.34. The van der Waals surface area contributed by atoms with E-state index in [0.717, 1.165) is 0 Å². The van der Waals surface area contributed by atoms with Gasteiger partial charge in [-0.05, 0) is 38.1 Å². The molecule has 0 unspecified atom stereocenters. The smallest absolute Gasteiger partial charge is 0.376 e. The molecule has 0 aliphatic heterocycles. The van der Waals surface area contributed by atoms with E-state index >= 15 is 0 Å². The zero-order chi connectivity index (χ0) is 12.2. The Balaban J connectivity index is 2.76. The monoisotopic (exact) mass is 242 g/mol. The summed E-state index contributed by atoms with van der Waals surface area (Å²) in [5.41, 5.74) is 0.592. The first kappa shape index (κ1) is 12.9. The van der Waals surface area contributed by atoms with Crippen molar-refractivity contribution in [1.82, 2.24) is 0 Å². The second-order valence-electron chi connectivity index (χ2n) is 3.36. The fourth-order valence-electron chi connectivity index (χ4n) is 1.20. The van der Waals surface area contributed by atoms with Crippen molar-refractivity contribution in [2.75, 3.05) is 13.3 Å². The van der Waals surface area contributed by atoms with Crippen LogP contribution in [-0.4, -0.2) is 19.1 Å². The highest BCUT2D eigenvalue weighted by molar-refractivity contribution is 7.53. The Hall–Kier alpha value is -1.12. The summed E-state index contributed by atoms with van der Waals surface area (Å²) in [4.78, 5) is 11.0. The van der Waals surface area contributed by atoms with Gasteiger partial charge in [0, 0.05) is 12.2 Å². The van der Waals surface area contributed by atoms with E-state index in [0.29, 0.717) is 17.9 Å². The molecule has 0 saturated heterocycles. The lowest BCUT2D eigenvalue weighted by Crippen LogP contribution is -1.97. The normalized spacial score (nSPS) is 14.2. The standard InChI is InChI=1S/C11H15O4P/c1-4-14-16(3,13)15-11-7-5-10(6-8-11)9(2)12/h5-8H,4H2,1-3H3/t16-/m0/s1. The number of carbonyl (C=O) groups is 1. The van der Waals surface area contributed by atoms with Crippen molar-refractivity contribution < 1.29 is 18.4 Å². The van der Waals surface area contributed by atoms with E-state index in [-0.39, 0.29) is 5.78 Å². The summed E-state index contributed by atoms with van der Waals surface area (Å²) >= 11 is 0. The van der Waals surface area contributed by atoms with Crippen LogP contribution in [0.15, 0.2) is 24.3 Å². The molecule has 0 N–H and O–H groups in total. The zero-order valence-corrected chi connectivity index (χ0v) is 10.5. The zero-order valence-electron chi connectivity index (χ0n) is 9.60. The SMILES string of the molecule is CCO[P@](C)(=O)Oc1ccc(C(C)=O)cc1. The van der Waals surface area contributed by atoms with Crippen LogP contribution in [0.4, 0.5) is 0 Å². The maximum absolute atomic E-state index is 11.7. The Morgan fingerprint density at radius 1 is 1.31 bits per heavy atom. The third kappa shape index (κ3) is 3.80. The van der Waals surface area contributed by atoms with Crippen molar-refractivity contribution in [3.63, 3.8) is 0 Å². The summed E-state index contributed by atoms with van der Waals surface area (Å²) in [7, 11) is -3.04. The molecule has 88 valence electrons. The van der Waals surface area contributed by atoms with Crippen LogP contribution in [0.25, 0.3) is 0 Å². The van der Waals surface area contributed by atoms with E-state index in [1.807, 2.05) is 0 Å². The Morgan fingerprint density at radius 3 is 2.31 bits per heavy atom. The first-order valence-corrected chi connectivity index (χ1v) is 6.96. The van der Waals surface area contributed by atoms with Crippen LogP contribution in [0.5, 0.6) is 5.75 Å². The Kier molecular flexibility index (Phi) is 4.27. The van der Waals surface area contributed by atoms with Gasteiger partial charge in [-0.3, -0.25) is 4.79 Å². The molecule has 1 aromatic carbocycles. The topological polar surface area (TPSA) is 52.6 Å². The van der Waals surface area contributed by atoms with E-state index in [2.05, 4.69) is 0 Å². The largest absolute Gasteiger partial charge is 0.425 e. The van der Waals surface area contributed by atoms with E-state index in [1.165, 1.54) is 13.6 Å². The van der Waals surface area contributed by atoms with Crippen LogP contribution in [0.1, 0.15) is 24.2 Å². The number of ketones is 1. The minimum Gasteiger partial charge on any atom is -0.425 e. The maximum atomic E-state index is 11.7. The average Bonchev–Trinajstić information content (AvgIpc) is 2.17. The molecule has 0 aliphatic carbocycles. The van der Waals surface area contributed by atoms with Gasteiger partial charge >= 0.3 is 7.60 Å². The molecular formula is C11H15O4P. The minimum atomic E-state index is -3.04. The summed E-state index contributed by atoms with van der Waals surface area (Å²) in [5, 5.41) is 0. The van der Waals surface area contributed by atoms with E-state index in [9.17, 15) is 9.36 Å². The Morgan fingerprint density at radius 2 is 1.88 bits per heavy atom. The van der Waals surface area contributed by atoms with Crippen LogP contribution in [0, 0.1) is 0 Å². The molecule has 0 spiro atoms. The van der Waals surface area contributed by atoms with Crippen molar-refractivity contribution in [2.45, 2.75) is 13.8 Å². The van der Waals surface area contributed by atoms with Crippen molar-refractivity contribution in [1.29, 1.82) is 0 Å². The lowest BCUT2D eigenvalue weighted by Gasteiger charge is -2.14. The van der Waals surface area contributed by atoms with Gasteiger partial charge < -0.3 is 9.05 Å². The van der Waals surface area contributed by atoms with Crippen LogP contribution < -0.4 is 4.52 Å². The summed E-state index contributed by atoms with van der Waals surface area (Å²) < 4.78 is 21.9. The summed E-state index contributed by atoms with van der Waals surface area (Å²) in [6, 6.07) is 6.46. The van der Waals surface area contributed by atoms with Gasteiger partial charge in [-0.25, -0.2) is 4.57 Å². The molecule has 0 aliphatic rings. The van der Waals surface area contributed by atoms with Gasteiger partial charge in [0.1, 0.15) is 5.75 Å². The molecule has 1 atom stereocenters. The first-order valence-electron chi connectivity index (χ1n) is 4.97. The predicted molar refractivity (Wildman–Crippen MR) is 62.2 cm³/mol. The fourth-order valence-corrected chi connectivity index (χ4v) is 2.23. The molecule has 0 aromatic heterocycles. The van der Waals surface area contributed by atoms with E-state index in [1.54, 1.807) is 31.2 Å². The summed E-state index contributed by atoms with van der Waals surface area (Å²) in [5.74, 6) is 0.417. The molecule has 0 heterocycles. The highest BCUT2D eigenvalue weighted by Gasteiger charge is 2.17. The van der Waals surface area contributed by atoms with Gasteiger partial charge in [0.05, 0.1) is 6.61 Å². The van der Waals surface area contributed by atoms with Gasteiger partial charge in [0.2, 0.25) is 0 Å². The van der Waals surface area contributed by atoms with Crippen molar-refractivity contribution in [2.24, 2.45) is 0 Å². The third-order valence-corrected chi connectivity index (χ3v) is 3.17. The Bertz CT molecular complexity index is 410. The third-order valence-electron chi connectivity index (χ3n) is 1.90. The van der Waals surface area contributed by atoms with E-state index < -0.39 is 7.60 Å². The molecule has 0 fully saturated rings. The maximum Gasteiger partial charge on any atom is 0.376 e. The van der Waals surface area contributed by atoms with Crippen molar-refractivity contribution in [3.8, 4) is 5.75 Å². The number of benzene rings is 1. The number of carbonyl (C=O) groups excluding carboxylic acids is 1. The predicted octanol–water partition coefficient (Wildman–Crippen LogP) is 3.13. The summed E-state index contributed by atoms with van der Waals surface area (Å²) in [6.45, 7) is 4.98. The number of Topliss-reactive ketones (excluding diaryl/α,β-unsaturated/α-hetero) is 1. The van der Waals surface area contributed by atoms with Crippen LogP contribution >= 0.6 is 7.60 Å². The van der Waals surface area contributed by atoms with Crippen molar-refractivity contribution >= 4 is 13.4 Å². The number of hydrogen-bond acceptors (Lipinski definition) is 4. The fraction of sp³-hybridized carbons (Fsp3) is 0.364. The van der Waals surface area contributed by atoms with Crippen LogP contribution in [0.3, 0.4) is 0 Å². The van der Waals surface area contributed by atoms with Gasteiger partial charge in [-0.2, -0.15) is 0 Å². The molecular weight excluding hydrogens is 227 g/mol. The number of hydrogen-bond donors (Lipinski definition) is 0. The van der Waals surface area contributed by atoms with E-state index in [4.69, 9.17) is 9.05 Å². The van der Waals surface area contributed by atoms with Gasteiger partial charge in [0.15, 0.2) is 5.78 Å². The molecule has 0 amide bonds. The van der Waals surface area contributed by atoms with Crippen LogP contribution in [0.2, 0.25) is 0 Å². The molecule has 1 rings (SSSR count). The molecule has 4 nitrogen and oxygen atoms in total. The molecule has 0 bridgehead atoms. The highest BCUT2D eigenvalue weighted by atomic mass is 31.2. The van der Waals surface area contributed by atoms with Gasteiger partial charge in [-0.15, -0.1) is 0 Å². The molecule has 16 heavy (non-hydrogen) atoms. The molecule has 0 radical (unpaired) electrons. The van der Waals surface area contributed by atoms with Gasteiger partial charge in [0.25, 0.3) is 0 Å². The molecule has 1 aromatic rings. The van der Waals surface area contributed by atoms with Gasteiger partial charge in [-0.1, -0.05) is 0 Å². The minimum absolute atomic E-state index is 0.0176. The summed E-state index contributed by atoms with van der Waals surface area (Å²) in [6.07, 6.45) is 0. The lowest BCUT2D eigenvalue weighted by molar-refractivity contribution is 0.101. The number of rotatable bonds is 5. The molecule has 5 heteroatoms. The second kappa shape index (κ2) is 5.28. The van der Waals surface area contributed by atoms with Crippen LogP contribution in [-0.2, 0) is 9.09 Å². The Labute approximate surface area is 95.1 Å². The average molecular weight is 242 g/mol.